The molecule has 0 heterocycles. The normalized spacial score (nSPS) is 11.6. The molecule has 5 N–H and O–H groups in total. The number of phenols is 5. The molecule has 0 aliphatic carbocycles. The summed E-state index contributed by atoms with van der Waals surface area (Å²) < 4.78 is 0. The fraction of sp³-hybridized carbons (Fsp3) is 0.308. The van der Waals surface area contributed by atoms with Gasteiger partial charge in [-0.3, -0.25) is 0 Å². The quantitative estimate of drug-likeness (QED) is 0.367. The third kappa shape index (κ3) is 4.71. The molecule has 0 spiro atoms. The maximum Gasteiger partial charge on any atom is 0.157 e. The molecule has 164 valence electrons. The first-order chi connectivity index (χ1) is 14.4. The van der Waals surface area contributed by atoms with Crippen molar-refractivity contribution in [2.45, 2.75) is 52.9 Å². The minimum atomic E-state index is -0.192. The van der Waals surface area contributed by atoms with E-state index < -0.39 is 0 Å². The molecule has 0 aromatic heterocycles. The van der Waals surface area contributed by atoms with Crippen molar-refractivity contribution in [3.05, 3.63) is 75.3 Å². The molecule has 0 unspecified atom stereocenters. The number of hydrogen-bond acceptors (Lipinski definition) is 5. The Labute approximate surface area is 182 Å². The highest BCUT2D eigenvalue weighted by Crippen LogP contribution is 2.37. The zero-order chi connectivity index (χ0) is 23.1. The van der Waals surface area contributed by atoms with Crippen molar-refractivity contribution in [1.29, 1.82) is 0 Å². The number of hydrogen-bond donors (Lipinski definition) is 5. The SMILES string of the molecule is Cc1cc(O)c(O)cc1Cc1cc(C(C)(C)C)cc(Cc2cc(O)c(O)cc2C)c1O. The number of benzene rings is 3. The molecule has 3 aromatic rings. The summed E-state index contributed by atoms with van der Waals surface area (Å²) in [6.07, 6.45) is 0.782. The summed E-state index contributed by atoms with van der Waals surface area (Å²) >= 11 is 0. The molecular weight excluding hydrogens is 392 g/mol. The van der Waals surface area contributed by atoms with Crippen molar-refractivity contribution >= 4 is 0 Å². The lowest BCUT2D eigenvalue weighted by atomic mass is 9.82. The lowest BCUT2D eigenvalue weighted by Crippen LogP contribution is -2.13. The molecule has 0 saturated heterocycles. The molecule has 0 aliphatic heterocycles. The van der Waals surface area contributed by atoms with Crippen LogP contribution in [0.3, 0.4) is 0 Å². The van der Waals surface area contributed by atoms with Gasteiger partial charge in [0.15, 0.2) is 23.0 Å². The van der Waals surface area contributed by atoms with Crippen LogP contribution in [0.1, 0.15) is 59.7 Å². The first-order valence-electron chi connectivity index (χ1n) is 10.2. The topological polar surface area (TPSA) is 101 Å². The third-order valence-corrected chi connectivity index (χ3v) is 5.76. The summed E-state index contributed by atoms with van der Waals surface area (Å²) in [4.78, 5) is 0. The molecule has 5 heteroatoms. The maximum atomic E-state index is 11.1. The fourth-order valence-corrected chi connectivity index (χ4v) is 3.70. The average Bonchev–Trinajstić information content (AvgIpc) is 2.66. The number of aromatic hydroxyl groups is 5. The van der Waals surface area contributed by atoms with Crippen molar-refractivity contribution < 1.29 is 25.5 Å². The standard InChI is InChI=1S/C26H30O5/c1-14-6-21(27)23(29)12-16(14)8-18-10-20(26(3,4)5)11-19(25(18)31)9-17-13-24(30)22(28)7-15(17)2/h6-7,10-13,27-31H,8-9H2,1-5H3. The first-order valence-corrected chi connectivity index (χ1v) is 10.2. The average molecular weight is 423 g/mol. The van der Waals surface area contributed by atoms with Gasteiger partial charge in [-0.1, -0.05) is 32.9 Å². The Balaban J connectivity index is 2.11. The minimum Gasteiger partial charge on any atom is -0.507 e. The number of aryl methyl sites for hydroxylation is 2. The van der Waals surface area contributed by atoms with Gasteiger partial charge in [0.05, 0.1) is 0 Å². The van der Waals surface area contributed by atoms with Crippen LogP contribution in [0.4, 0.5) is 0 Å². The highest BCUT2D eigenvalue weighted by Gasteiger charge is 2.20. The summed E-state index contributed by atoms with van der Waals surface area (Å²) in [5.74, 6) is -0.564. The summed E-state index contributed by atoms with van der Waals surface area (Å²) in [5, 5.41) is 50.4. The molecule has 3 rings (SSSR count). The van der Waals surface area contributed by atoms with E-state index in [-0.39, 0.29) is 34.2 Å². The Kier molecular flexibility index (Phi) is 5.81. The predicted octanol–water partition coefficient (Wildman–Crippen LogP) is 5.31. The van der Waals surface area contributed by atoms with Gasteiger partial charge in [-0.15, -0.1) is 0 Å². The molecule has 0 radical (unpaired) electrons. The zero-order valence-corrected chi connectivity index (χ0v) is 18.6. The van der Waals surface area contributed by atoms with Gasteiger partial charge < -0.3 is 25.5 Å². The molecule has 0 saturated carbocycles. The van der Waals surface area contributed by atoms with Gasteiger partial charge in [-0.05, 0) is 82.5 Å². The van der Waals surface area contributed by atoms with E-state index in [2.05, 4.69) is 20.8 Å². The Bertz CT molecular complexity index is 1060. The van der Waals surface area contributed by atoms with Crippen molar-refractivity contribution in [3.8, 4) is 28.7 Å². The van der Waals surface area contributed by atoms with E-state index in [0.29, 0.717) is 12.8 Å². The number of phenolic OH excluding ortho intramolecular Hbond substituents is 5. The lowest BCUT2D eigenvalue weighted by molar-refractivity contribution is 0.402. The van der Waals surface area contributed by atoms with Gasteiger partial charge in [0.1, 0.15) is 5.75 Å². The van der Waals surface area contributed by atoms with E-state index in [1.807, 2.05) is 26.0 Å². The molecule has 0 aliphatic rings. The lowest BCUT2D eigenvalue weighted by Gasteiger charge is -2.23. The summed E-state index contributed by atoms with van der Waals surface area (Å²) in [6.45, 7) is 10.00. The molecule has 31 heavy (non-hydrogen) atoms. The van der Waals surface area contributed by atoms with Crippen molar-refractivity contribution in [2.75, 3.05) is 0 Å². The Morgan fingerprint density at radius 2 is 0.903 bits per heavy atom. The van der Waals surface area contributed by atoms with E-state index in [9.17, 15) is 25.5 Å². The van der Waals surface area contributed by atoms with Gasteiger partial charge >= 0.3 is 0 Å². The van der Waals surface area contributed by atoms with Crippen molar-refractivity contribution in [1.82, 2.24) is 0 Å². The molecule has 0 atom stereocenters. The number of rotatable bonds is 4. The summed E-state index contributed by atoms with van der Waals surface area (Å²) in [7, 11) is 0. The van der Waals surface area contributed by atoms with E-state index >= 15 is 0 Å². The molecular formula is C26H30O5. The second-order valence-corrected chi connectivity index (χ2v) is 9.28. The van der Waals surface area contributed by atoms with E-state index in [4.69, 9.17) is 0 Å². The van der Waals surface area contributed by atoms with Crippen LogP contribution < -0.4 is 0 Å². The van der Waals surface area contributed by atoms with Gasteiger partial charge in [-0.25, -0.2) is 0 Å². The van der Waals surface area contributed by atoms with E-state index in [0.717, 1.165) is 38.9 Å². The molecule has 0 bridgehead atoms. The highest BCUT2D eigenvalue weighted by atomic mass is 16.3. The highest BCUT2D eigenvalue weighted by molar-refractivity contribution is 5.54. The van der Waals surface area contributed by atoms with Crippen molar-refractivity contribution in [2.24, 2.45) is 0 Å². The van der Waals surface area contributed by atoms with Crippen LogP contribution in [0.2, 0.25) is 0 Å². The zero-order valence-electron chi connectivity index (χ0n) is 18.6. The Morgan fingerprint density at radius 1 is 0.548 bits per heavy atom. The van der Waals surface area contributed by atoms with Crippen LogP contribution in [-0.2, 0) is 18.3 Å². The minimum absolute atomic E-state index is 0.157. The van der Waals surface area contributed by atoms with Gasteiger partial charge in [0, 0.05) is 12.8 Å². The fourth-order valence-electron chi connectivity index (χ4n) is 3.70. The molecule has 0 amide bonds. The predicted molar refractivity (Wildman–Crippen MR) is 121 cm³/mol. The Morgan fingerprint density at radius 3 is 1.26 bits per heavy atom. The Hall–Kier alpha value is -3.34. The second kappa shape index (κ2) is 8.06. The molecule has 3 aromatic carbocycles. The van der Waals surface area contributed by atoms with Crippen LogP contribution in [0.5, 0.6) is 28.7 Å². The molecule has 0 fully saturated rings. The monoisotopic (exact) mass is 422 g/mol. The third-order valence-electron chi connectivity index (χ3n) is 5.76. The van der Waals surface area contributed by atoms with E-state index in [1.54, 1.807) is 0 Å². The van der Waals surface area contributed by atoms with Gasteiger partial charge in [0.2, 0.25) is 0 Å². The van der Waals surface area contributed by atoms with Crippen molar-refractivity contribution in [3.63, 3.8) is 0 Å². The van der Waals surface area contributed by atoms with Crippen LogP contribution in [-0.4, -0.2) is 25.5 Å². The van der Waals surface area contributed by atoms with Gasteiger partial charge in [0.25, 0.3) is 0 Å². The first kappa shape index (κ1) is 22.3. The summed E-state index contributed by atoms with van der Waals surface area (Å²) in [6, 6.07) is 10.0. The van der Waals surface area contributed by atoms with Crippen LogP contribution in [0.15, 0.2) is 36.4 Å². The second-order valence-electron chi connectivity index (χ2n) is 9.28. The molecule has 5 nitrogen and oxygen atoms in total. The largest absolute Gasteiger partial charge is 0.507 e. The van der Waals surface area contributed by atoms with Crippen LogP contribution in [0.25, 0.3) is 0 Å². The van der Waals surface area contributed by atoms with Gasteiger partial charge in [-0.2, -0.15) is 0 Å². The maximum absolute atomic E-state index is 11.1. The van der Waals surface area contributed by atoms with Crippen LogP contribution >= 0.6 is 0 Å². The smallest absolute Gasteiger partial charge is 0.157 e. The summed E-state index contributed by atoms with van der Waals surface area (Å²) in [5.41, 5.74) is 5.58. The van der Waals surface area contributed by atoms with E-state index in [1.165, 1.54) is 24.3 Å². The van der Waals surface area contributed by atoms with Crippen LogP contribution in [0, 0.1) is 13.8 Å².